The number of aryl methyl sites for hydroxylation is 1. The van der Waals surface area contributed by atoms with Crippen molar-refractivity contribution in [1.82, 2.24) is 4.90 Å². The number of hydrogen-bond donors (Lipinski definition) is 3. The Balaban J connectivity index is 1.40. The van der Waals surface area contributed by atoms with Gasteiger partial charge >= 0.3 is 0 Å². The van der Waals surface area contributed by atoms with Gasteiger partial charge in [0.25, 0.3) is 11.8 Å². The van der Waals surface area contributed by atoms with Gasteiger partial charge in [0.2, 0.25) is 0 Å². The molecule has 0 spiro atoms. The number of anilines is 1. The molecule has 1 aliphatic heterocycles. The normalized spacial score (nSPS) is 15.6. The quantitative estimate of drug-likeness (QED) is 0.580. The average Bonchev–Trinajstić information content (AvgIpc) is 2.72. The molecule has 1 heterocycles. The number of quaternary nitrogens is 2. The van der Waals surface area contributed by atoms with Gasteiger partial charge in [-0.1, -0.05) is 47.5 Å². The Morgan fingerprint density at radius 2 is 1.77 bits per heavy atom. The molecule has 3 N–H and O–H groups in total. The van der Waals surface area contributed by atoms with Crippen molar-refractivity contribution in [2.24, 2.45) is 0 Å². The number of nitrogens with one attached hydrogen (secondary N) is 3. The van der Waals surface area contributed by atoms with Crippen molar-refractivity contribution in [2.75, 3.05) is 51.6 Å². The number of rotatable bonds is 7. The molecular weight excluding hydrogens is 400 g/mol. The Bertz CT molecular complexity index is 864. The highest BCUT2D eigenvalue weighted by Gasteiger charge is 2.27. The Labute approximate surface area is 183 Å². The van der Waals surface area contributed by atoms with Crippen LogP contribution in [0.2, 0.25) is 5.02 Å². The highest BCUT2D eigenvalue weighted by Crippen LogP contribution is 2.13. The fourth-order valence-electron chi connectivity index (χ4n) is 3.72. The van der Waals surface area contributed by atoms with E-state index in [9.17, 15) is 9.59 Å². The largest absolute Gasteiger partial charge is 0.327 e. The van der Waals surface area contributed by atoms with E-state index in [0.717, 1.165) is 40.8 Å². The van der Waals surface area contributed by atoms with Crippen LogP contribution in [0.5, 0.6) is 0 Å². The summed E-state index contributed by atoms with van der Waals surface area (Å²) in [5.41, 5.74) is 3.04. The lowest BCUT2D eigenvalue weighted by Gasteiger charge is -2.32. The van der Waals surface area contributed by atoms with Gasteiger partial charge < -0.3 is 20.0 Å². The summed E-state index contributed by atoms with van der Waals surface area (Å²) < 4.78 is 0. The molecule has 0 bridgehead atoms. The highest BCUT2D eigenvalue weighted by atomic mass is 35.5. The van der Waals surface area contributed by atoms with Crippen LogP contribution in [0, 0.1) is 6.92 Å². The fraction of sp³-hybridized carbons (Fsp3) is 0.391. The summed E-state index contributed by atoms with van der Waals surface area (Å²) in [4.78, 5) is 29.2. The van der Waals surface area contributed by atoms with Crippen molar-refractivity contribution in [1.29, 1.82) is 0 Å². The fourth-order valence-corrected chi connectivity index (χ4v) is 3.92. The maximum absolute atomic E-state index is 12.7. The SMILES string of the molecule is Cc1ccc(NC(=O)C[NH+]2CCN(C(=O)C[NH+](C)Cc3ccccc3Cl)CC2)cc1. The Hall–Kier alpha value is -2.41. The zero-order valence-corrected chi connectivity index (χ0v) is 18.5. The Morgan fingerprint density at radius 1 is 1.10 bits per heavy atom. The van der Waals surface area contributed by atoms with Crippen LogP contribution < -0.4 is 15.1 Å². The van der Waals surface area contributed by atoms with Crippen molar-refractivity contribution >= 4 is 29.1 Å². The molecule has 1 unspecified atom stereocenters. The van der Waals surface area contributed by atoms with Crippen molar-refractivity contribution < 1.29 is 19.4 Å². The minimum Gasteiger partial charge on any atom is -0.327 e. The van der Waals surface area contributed by atoms with E-state index in [-0.39, 0.29) is 11.8 Å². The van der Waals surface area contributed by atoms with Crippen LogP contribution in [0.1, 0.15) is 11.1 Å². The van der Waals surface area contributed by atoms with Gasteiger partial charge in [-0.3, -0.25) is 9.59 Å². The molecule has 1 atom stereocenters. The maximum atomic E-state index is 12.7. The zero-order chi connectivity index (χ0) is 21.5. The molecule has 7 heteroatoms. The lowest BCUT2D eigenvalue weighted by molar-refractivity contribution is -0.896. The second kappa shape index (κ2) is 10.6. The van der Waals surface area contributed by atoms with E-state index >= 15 is 0 Å². The first-order valence-electron chi connectivity index (χ1n) is 10.4. The minimum atomic E-state index is 0.0116. The molecule has 0 radical (unpaired) electrons. The molecule has 1 fully saturated rings. The summed E-state index contributed by atoms with van der Waals surface area (Å²) >= 11 is 6.22. The number of carbonyl (C=O) groups is 2. The minimum absolute atomic E-state index is 0.0116. The van der Waals surface area contributed by atoms with E-state index in [0.29, 0.717) is 26.2 Å². The zero-order valence-electron chi connectivity index (χ0n) is 17.7. The summed E-state index contributed by atoms with van der Waals surface area (Å²) in [6.45, 7) is 6.55. The maximum Gasteiger partial charge on any atom is 0.279 e. The number of piperazine rings is 1. The molecule has 2 aromatic rings. The summed E-state index contributed by atoms with van der Waals surface area (Å²) in [6, 6.07) is 15.6. The molecule has 0 aromatic heterocycles. The summed E-state index contributed by atoms with van der Waals surface area (Å²) in [5, 5.41) is 3.69. The smallest absolute Gasteiger partial charge is 0.279 e. The van der Waals surface area contributed by atoms with Crippen LogP contribution in [0.3, 0.4) is 0 Å². The van der Waals surface area contributed by atoms with Crippen LogP contribution in [0.15, 0.2) is 48.5 Å². The van der Waals surface area contributed by atoms with Gasteiger partial charge in [-0.15, -0.1) is 0 Å². The van der Waals surface area contributed by atoms with Crippen molar-refractivity contribution in [3.8, 4) is 0 Å². The third-order valence-corrected chi connectivity index (χ3v) is 5.84. The van der Waals surface area contributed by atoms with E-state index in [2.05, 4.69) is 5.32 Å². The van der Waals surface area contributed by atoms with Gasteiger partial charge in [-0.2, -0.15) is 0 Å². The van der Waals surface area contributed by atoms with Crippen molar-refractivity contribution in [2.45, 2.75) is 13.5 Å². The molecule has 6 nitrogen and oxygen atoms in total. The number of likely N-dealkylation sites (N-methyl/N-ethyl adjacent to an activating group) is 1. The first-order chi connectivity index (χ1) is 14.4. The first kappa shape index (κ1) is 22.3. The lowest BCUT2D eigenvalue weighted by atomic mass is 10.2. The predicted octanol–water partition coefficient (Wildman–Crippen LogP) is 0.0289. The van der Waals surface area contributed by atoms with Gasteiger partial charge in [-0.25, -0.2) is 0 Å². The lowest BCUT2D eigenvalue weighted by Crippen LogP contribution is -3.16. The molecule has 0 aliphatic carbocycles. The number of benzene rings is 2. The molecule has 2 amide bonds. The van der Waals surface area contributed by atoms with Gasteiger partial charge in [0.05, 0.1) is 33.2 Å². The van der Waals surface area contributed by atoms with E-state index in [1.165, 1.54) is 10.5 Å². The van der Waals surface area contributed by atoms with Crippen LogP contribution in [-0.2, 0) is 16.1 Å². The van der Waals surface area contributed by atoms with E-state index < -0.39 is 0 Å². The van der Waals surface area contributed by atoms with Crippen LogP contribution >= 0.6 is 11.6 Å². The number of nitrogens with zero attached hydrogens (tertiary/aromatic N) is 1. The van der Waals surface area contributed by atoms with Crippen LogP contribution in [0.25, 0.3) is 0 Å². The number of amides is 2. The predicted molar refractivity (Wildman–Crippen MR) is 119 cm³/mol. The third-order valence-electron chi connectivity index (χ3n) is 5.47. The van der Waals surface area contributed by atoms with Crippen LogP contribution in [0.4, 0.5) is 5.69 Å². The number of hydrogen-bond acceptors (Lipinski definition) is 2. The Morgan fingerprint density at radius 3 is 2.43 bits per heavy atom. The summed E-state index contributed by atoms with van der Waals surface area (Å²) in [7, 11) is 2.01. The number of halogens is 1. The highest BCUT2D eigenvalue weighted by molar-refractivity contribution is 6.31. The average molecular weight is 431 g/mol. The van der Waals surface area contributed by atoms with Crippen molar-refractivity contribution in [3.63, 3.8) is 0 Å². The van der Waals surface area contributed by atoms with Gasteiger partial charge in [-0.05, 0) is 25.1 Å². The monoisotopic (exact) mass is 430 g/mol. The number of carbonyl (C=O) groups excluding carboxylic acids is 2. The van der Waals surface area contributed by atoms with Crippen molar-refractivity contribution in [3.05, 3.63) is 64.7 Å². The van der Waals surface area contributed by atoms with Gasteiger partial charge in [0, 0.05) is 16.3 Å². The van der Waals surface area contributed by atoms with Gasteiger partial charge in [0.1, 0.15) is 6.54 Å². The second-order valence-corrected chi connectivity index (χ2v) is 8.53. The van der Waals surface area contributed by atoms with E-state index in [1.54, 1.807) is 0 Å². The summed E-state index contributed by atoms with van der Waals surface area (Å²) in [5.74, 6) is 0.167. The van der Waals surface area contributed by atoms with E-state index in [1.807, 2.05) is 67.4 Å². The summed E-state index contributed by atoms with van der Waals surface area (Å²) in [6.07, 6.45) is 0. The molecular formula is C23H31ClN4O2+2. The van der Waals surface area contributed by atoms with Crippen LogP contribution in [-0.4, -0.2) is 63.0 Å². The molecule has 1 aliphatic rings. The standard InChI is InChI=1S/C23H29ClN4O2/c1-18-7-9-20(10-8-18)25-22(29)16-27-11-13-28(14-12-27)23(30)17-26(2)15-19-5-3-4-6-21(19)24/h3-10H,11-17H2,1-2H3,(H,25,29)/p+2. The molecule has 160 valence electrons. The third kappa shape index (κ3) is 6.55. The van der Waals surface area contributed by atoms with Gasteiger partial charge in [0.15, 0.2) is 13.1 Å². The molecule has 0 saturated carbocycles. The molecule has 30 heavy (non-hydrogen) atoms. The molecule has 3 rings (SSSR count). The second-order valence-electron chi connectivity index (χ2n) is 8.12. The molecule has 1 saturated heterocycles. The molecule has 2 aromatic carbocycles. The first-order valence-corrected chi connectivity index (χ1v) is 10.8. The van der Waals surface area contributed by atoms with E-state index in [4.69, 9.17) is 11.6 Å². The topological polar surface area (TPSA) is 58.3 Å². The Kier molecular flexibility index (Phi) is 7.85.